The lowest BCUT2D eigenvalue weighted by Crippen LogP contribution is -2.24. The van der Waals surface area contributed by atoms with Crippen LogP contribution in [0.25, 0.3) is 11.5 Å². The van der Waals surface area contributed by atoms with Crippen molar-refractivity contribution >= 4 is 23.2 Å². The van der Waals surface area contributed by atoms with Crippen LogP contribution >= 0.6 is 11.6 Å². The molecule has 3 aromatic rings. The van der Waals surface area contributed by atoms with Crippen LogP contribution in [0.3, 0.4) is 0 Å². The molecule has 150 valence electrons. The second-order valence-electron chi connectivity index (χ2n) is 6.88. The molecule has 1 saturated heterocycles. The normalized spacial score (nSPS) is 16.3. The summed E-state index contributed by atoms with van der Waals surface area (Å²) in [4.78, 5) is 18.8. The van der Waals surface area contributed by atoms with E-state index in [4.69, 9.17) is 25.6 Å². The van der Waals surface area contributed by atoms with Gasteiger partial charge in [-0.1, -0.05) is 22.8 Å². The summed E-state index contributed by atoms with van der Waals surface area (Å²) >= 11 is 6.34. The number of rotatable bonds is 5. The van der Waals surface area contributed by atoms with Gasteiger partial charge in [0.2, 0.25) is 5.91 Å². The molecule has 0 saturated carbocycles. The molecule has 1 aromatic heterocycles. The minimum atomic E-state index is -0.179. The minimum Gasteiger partial charge on any atom is -0.497 e. The molecule has 0 bridgehead atoms. The maximum atomic E-state index is 12.6. The molecule has 0 spiro atoms. The Morgan fingerprint density at radius 2 is 2.00 bits per heavy atom. The molecule has 4 rings (SSSR count). The first-order chi connectivity index (χ1) is 14.0. The lowest BCUT2D eigenvalue weighted by Gasteiger charge is -2.18. The van der Waals surface area contributed by atoms with E-state index in [1.807, 2.05) is 25.1 Å². The van der Waals surface area contributed by atoms with E-state index in [9.17, 15) is 4.79 Å². The smallest absolute Gasteiger partial charge is 0.261 e. The second-order valence-corrected chi connectivity index (χ2v) is 7.29. The summed E-state index contributed by atoms with van der Waals surface area (Å²) in [5.74, 6) is 1.85. The van der Waals surface area contributed by atoms with Gasteiger partial charge in [0, 0.05) is 24.9 Å². The molecule has 2 aromatic carbocycles. The molecule has 1 fully saturated rings. The number of carbonyl (C=O) groups excluding carboxylic acids is 1. The van der Waals surface area contributed by atoms with Gasteiger partial charge in [-0.3, -0.25) is 4.79 Å². The number of methoxy groups -OCH3 is 2. The average Bonchev–Trinajstić information content (AvgIpc) is 3.34. The van der Waals surface area contributed by atoms with E-state index in [1.54, 1.807) is 37.3 Å². The summed E-state index contributed by atoms with van der Waals surface area (Å²) in [5, 5.41) is 4.66. The number of amides is 1. The van der Waals surface area contributed by atoms with Gasteiger partial charge in [0.15, 0.2) is 5.82 Å². The Balaban J connectivity index is 1.58. The molecule has 2 heterocycles. The number of benzene rings is 2. The van der Waals surface area contributed by atoms with E-state index in [2.05, 4.69) is 10.1 Å². The number of ether oxygens (including phenoxy) is 2. The number of hydrogen-bond donors (Lipinski definition) is 0. The molecule has 1 amide bonds. The van der Waals surface area contributed by atoms with E-state index in [-0.39, 0.29) is 11.8 Å². The van der Waals surface area contributed by atoms with E-state index in [0.29, 0.717) is 52.5 Å². The predicted octanol–water partition coefficient (Wildman–Crippen LogP) is 4.24. The van der Waals surface area contributed by atoms with Crippen molar-refractivity contribution in [2.45, 2.75) is 19.3 Å². The van der Waals surface area contributed by atoms with Crippen molar-refractivity contribution in [3.05, 3.63) is 52.8 Å². The standard InChI is InChI=1S/C21H20ClN3O4/c1-12-4-7-17(16(22)8-12)25-11-13(9-19(25)26)20-23-21(29-24-20)15-6-5-14(27-2)10-18(15)28-3/h4-8,10,13H,9,11H2,1-3H3. The third-order valence-electron chi connectivity index (χ3n) is 4.96. The van der Waals surface area contributed by atoms with E-state index >= 15 is 0 Å². The van der Waals surface area contributed by atoms with Crippen molar-refractivity contribution < 1.29 is 18.8 Å². The molecule has 0 radical (unpaired) electrons. The maximum Gasteiger partial charge on any atom is 0.261 e. The molecule has 29 heavy (non-hydrogen) atoms. The third-order valence-corrected chi connectivity index (χ3v) is 5.27. The van der Waals surface area contributed by atoms with Gasteiger partial charge in [-0.15, -0.1) is 0 Å². The minimum absolute atomic E-state index is 0.0193. The maximum absolute atomic E-state index is 12.6. The summed E-state index contributed by atoms with van der Waals surface area (Å²) in [6.07, 6.45) is 0.295. The van der Waals surface area contributed by atoms with Gasteiger partial charge in [-0.25, -0.2) is 0 Å². The Hall–Kier alpha value is -3.06. The number of nitrogens with zero attached hydrogens (tertiary/aromatic N) is 3. The van der Waals surface area contributed by atoms with Crippen LogP contribution in [0.2, 0.25) is 5.02 Å². The molecular formula is C21H20ClN3O4. The fraction of sp³-hybridized carbons (Fsp3) is 0.286. The monoisotopic (exact) mass is 413 g/mol. The number of anilines is 1. The highest BCUT2D eigenvalue weighted by molar-refractivity contribution is 6.34. The number of aryl methyl sites for hydroxylation is 1. The quantitative estimate of drug-likeness (QED) is 0.622. The highest BCUT2D eigenvalue weighted by Gasteiger charge is 2.35. The van der Waals surface area contributed by atoms with Crippen LogP contribution in [-0.4, -0.2) is 36.8 Å². The molecule has 0 N–H and O–H groups in total. The summed E-state index contributed by atoms with van der Waals surface area (Å²) in [5.41, 5.74) is 2.40. The van der Waals surface area contributed by atoms with Crippen molar-refractivity contribution in [1.29, 1.82) is 0 Å². The largest absolute Gasteiger partial charge is 0.497 e. The SMILES string of the molecule is COc1ccc(-c2nc(C3CC(=O)N(c4ccc(C)cc4Cl)C3)no2)c(OC)c1. The summed E-state index contributed by atoms with van der Waals surface area (Å²) in [6.45, 7) is 2.40. The van der Waals surface area contributed by atoms with Crippen LogP contribution in [0.4, 0.5) is 5.69 Å². The van der Waals surface area contributed by atoms with Crippen LogP contribution in [0.5, 0.6) is 11.5 Å². The molecule has 1 aliphatic heterocycles. The zero-order chi connectivity index (χ0) is 20.5. The first kappa shape index (κ1) is 19.3. The molecule has 1 aliphatic rings. The highest BCUT2D eigenvalue weighted by Crippen LogP contribution is 2.37. The van der Waals surface area contributed by atoms with E-state index < -0.39 is 0 Å². The zero-order valence-corrected chi connectivity index (χ0v) is 17.1. The lowest BCUT2D eigenvalue weighted by molar-refractivity contribution is -0.117. The molecule has 1 unspecified atom stereocenters. The van der Waals surface area contributed by atoms with E-state index in [1.165, 1.54) is 0 Å². The molecule has 0 aliphatic carbocycles. The molecular weight excluding hydrogens is 394 g/mol. The van der Waals surface area contributed by atoms with Gasteiger partial charge in [-0.05, 0) is 36.8 Å². The van der Waals surface area contributed by atoms with Gasteiger partial charge >= 0.3 is 0 Å². The number of halogens is 1. The first-order valence-corrected chi connectivity index (χ1v) is 9.50. The van der Waals surface area contributed by atoms with Gasteiger partial charge in [0.1, 0.15) is 11.5 Å². The zero-order valence-electron chi connectivity index (χ0n) is 16.3. The van der Waals surface area contributed by atoms with Crippen LogP contribution in [0, 0.1) is 6.92 Å². The predicted molar refractivity (Wildman–Crippen MR) is 109 cm³/mol. The Kier molecular flexibility index (Phi) is 5.15. The Morgan fingerprint density at radius 3 is 2.72 bits per heavy atom. The van der Waals surface area contributed by atoms with Gasteiger partial charge in [-0.2, -0.15) is 4.98 Å². The Bertz CT molecular complexity index is 1070. The van der Waals surface area contributed by atoms with Crippen LogP contribution in [-0.2, 0) is 4.79 Å². The fourth-order valence-corrected chi connectivity index (χ4v) is 3.77. The van der Waals surface area contributed by atoms with Crippen molar-refractivity contribution in [2.75, 3.05) is 25.7 Å². The number of aromatic nitrogens is 2. The van der Waals surface area contributed by atoms with Gasteiger partial charge in [0.05, 0.1) is 30.5 Å². The van der Waals surface area contributed by atoms with Crippen molar-refractivity contribution in [3.8, 4) is 23.0 Å². The lowest BCUT2D eigenvalue weighted by atomic mass is 10.1. The molecule has 1 atom stereocenters. The van der Waals surface area contributed by atoms with Crippen molar-refractivity contribution in [3.63, 3.8) is 0 Å². The van der Waals surface area contributed by atoms with Gasteiger partial charge < -0.3 is 18.9 Å². The van der Waals surface area contributed by atoms with Crippen LogP contribution in [0.15, 0.2) is 40.9 Å². The molecule has 7 nitrogen and oxygen atoms in total. The Labute approximate surface area is 173 Å². The Morgan fingerprint density at radius 1 is 1.17 bits per heavy atom. The third kappa shape index (κ3) is 3.65. The second kappa shape index (κ2) is 7.75. The molecule has 8 heteroatoms. The summed E-state index contributed by atoms with van der Waals surface area (Å²) < 4.78 is 16.1. The highest BCUT2D eigenvalue weighted by atomic mass is 35.5. The van der Waals surface area contributed by atoms with Crippen LogP contribution in [0.1, 0.15) is 23.7 Å². The van der Waals surface area contributed by atoms with Crippen molar-refractivity contribution in [1.82, 2.24) is 10.1 Å². The summed E-state index contributed by atoms with van der Waals surface area (Å²) in [7, 11) is 3.15. The van der Waals surface area contributed by atoms with Crippen LogP contribution < -0.4 is 14.4 Å². The van der Waals surface area contributed by atoms with Gasteiger partial charge in [0.25, 0.3) is 5.89 Å². The fourth-order valence-electron chi connectivity index (χ4n) is 3.43. The number of carbonyl (C=O) groups is 1. The average molecular weight is 414 g/mol. The summed E-state index contributed by atoms with van der Waals surface area (Å²) in [6, 6.07) is 11.0. The first-order valence-electron chi connectivity index (χ1n) is 9.12. The van der Waals surface area contributed by atoms with Crippen molar-refractivity contribution in [2.24, 2.45) is 0 Å². The topological polar surface area (TPSA) is 77.7 Å². The number of hydrogen-bond acceptors (Lipinski definition) is 6. The van der Waals surface area contributed by atoms with E-state index in [0.717, 1.165) is 5.56 Å².